The van der Waals surface area contributed by atoms with Gasteiger partial charge in [-0.05, 0) is 37.1 Å². The van der Waals surface area contributed by atoms with Crippen LogP contribution in [0.3, 0.4) is 0 Å². The van der Waals surface area contributed by atoms with E-state index in [1.807, 2.05) is 6.07 Å². The van der Waals surface area contributed by atoms with Crippen LogP contribution in [0.1, 0.15) is 28.8 Å². The van der Waals surface area contributed by atoms with Gasteiger partial charge < -0.3 is 16.4 Å². The van der Waals surface area contributed by atoms with Crippen molar-refractivity contribution < 1.29 is 9.59 Å². The van der Waals surface area contributed by atoms with Crippen LogP contribution in [0, 0.1) is 0 Å². The summed E-state index contributed by atoms with van der Waals surface area (Å²) in [6, 6.07) is 4.99. The number of likely N-dealkylation sites (N-methyl/N-ethyl adjacent to an activating group) is 1. The molecule has 1 saturated heterocycles. The van der Waals surface area contributed by atoms with Crippen molar-refractivity contribution >= 4 is 17.5 Å². The molecule has 0 saturated carbocycles. The maximum absolute atomic E-state index is 12.2. The van der Waals surface area contributed by atoms with Crippen molar-refractivity contribution in [3.05, 3.63) is 29.3 Å². The minimum absolute atomic E-state index is 0.0878. The first-order valence-electron chi connectivity index (χ1n) is 7.03. The van der Waals surface area contributed by atoms with E-state index in [1.165, 1.54) is 0 Å². The lowest BCUT2D eigenvalue weighted by Crippen LogP contribution is -2.42. The zero-order chi connectivity index (χ0) is 15.6. The SMILES string of the molecule is CN(C)C(=O)C1CCCN1Cc1ccc(C(N)=O)cc1N. The second kappa shape index (κ2) is 6.13. The van der Waals surface area contributed by atoms with Crippen molar-refractivity contribution in [2.75, 3.05) is 26.4 Å². The van der Waals surface area contributed by atoms with Crippen molar-refractivity contribution in [2.45, 2.75) is 25.4 Å². The van der Waals surface area contributed by atoms with Crippen molar-refractivity contribution in [3.8, 4) is 0 Å². The molecule has 1 aliphatic heterocycles. The standard InChI is InChI=1S/C15H22N4O2/c1-18(2)15(21)13-4-3-7-19(13)9-11-6-5-10(14(17)20)8-12(11)16/h5-6,8,13H,3-4,7,9,16H2,1-2H3,(H2,17,20). The smallest absolute Gasteiger partial charge is 0.248 e. The van der Waals surface area contributed by atoms with E-state index in [0.29, 0.717) is 17.8 Å². The number of hydrogen-bond donors (Lipinski definition) is 2. The molecule has 0 aliphatic carbocycles. The Morgan fingerprint density at radius 3 is 2.67 bits per heavy atom. The van der Waals surface area contributed by atoms with Gasteiger partial charge in [0, 0.05) is 31.9 Å². The highest BCUT2D eigenvalue weighted by atomic mass is 16.2. The Hall–Kier alpha value is -2.08. The normalized spacial score (nSPS) is 18.7. The quantitative estimate of drug-likeness (QED) is 0.786. The third kappa shape index (κ3) is 3.33. The summed E-state index contributed by atoms with van der Waals surface area (Å²) in [6.45, 7) is 1.48. The van der Waals surface area contributed by atoms with Gasteiger partial charge >= 0.3 is 0 Å². The van der Waals surface area contributed by atoms with Crippen LogP contribution in [0.25, 0.3) is 0 Å². The van der Waals surface area contributed by atoms with E-state index in [9.17, 15) is 9.59 Å². The topological polar surface area (TPSA) is 92.7 Å². The molecule has 1 atom stereocenters. The lowest BCUT2D eigenvalue weighted by Gasteiger charge is -2.26. The lowest BCUT2D eigenvalue weighted by molar-refractivity contribution is -0.133. The molecule has 1 heterocycles. The number of carbonyl (C=O) groups excluding carboxylic acids is 2. The molecule has 2 rings (SSSR count). The zero-order valence-electron chi connectivity index (χ0n) is 12.5. The molecule has 0 radical (unpaired) electrons. The van der Waals surface area contributed by atoms with Gasteiger partial charge in [-0.25, -0.2) is 0 Å². The first kappa shape index (κ1) is 15.3. The number of nitrogens with zero attached hydrogens (tertiary/aromatic N) is 2. The van der Waals surface area contributed by atoms with Gasteiger partial charge in [0.2, 0.25) is 11.8 Å². The highest BCUT2D eigenvalue weighted by Crippen LogP contribution is 2.24. The monoisotopic (exact) mass is 290 g/mol. The molecule has 4 N–H and O–H groups in total. The number of benzene rings is 1. The number of anilines is 1. The van der Waals surface area contributed by atoms with E-state index in [-0.39, 0.29) is 11.9 Å². The molecule has 21 heavy (non-hydrogen) atoms. The van der Waals surface area contributed by atoms with Crippen LogP contribution in [-0.2, 0) is 11.3 Å². The average Bonchev–Trinajstić information content (AvgIpc) is 2.87. The molecule has 6 nitrogen and oxygen atoms in total. The molecular formula is C15H22N4O2. The molecule has 1 aliphatic rings. The van der Waals surface area contributed by atoms with Gasteiger partial charge in [0.25, 0.3) is 0 Å². The Bertz CT molecular complexity index is 557. The van der Waals surface area contributed by atoms with E-state index < -0.39 is 5.91 Å². The third-order valence-corrected chi connectivity index (χ3v) is 3.89. The van der Waals surface area contributed by atoms with Crippen LogP contribution in [0.4, 0.5) is 5.69 Å². The van der Waals surface area contributed by atoms with E-state index >= 15 is 0 Å². The maximum Gasteiger partial charge on any atom is 0.248 e. The maximum atomic E-state index is 12.2. The van der Waals surface area contributed by atoms with E-state index in [0.717, 1.165) is 24.9 Å². The van der Waals surface area contributed by atoms with Crippen molar-refractivity contribution in [1.29, 1.82) is 0 Å². The Morgan fingerprint density at radius 2 is 2.10 bits per heavy atom. The molecule has 1 aromatic carbocycles. The van der Waals surface area contributed by atoms with Gasteiger partial charge in [0.1, 0.15) is 0 Å². The highest BCUT2D eigenvalue weighted by Gasteiger charge is 2.31. The van der Waals surface area contributed by atoms with Crippen LogP contribution in [0.5, 0.6) is 0 Å². The van der Waals surface area contributed by atoms with Crippen molar-refractivity contribution in [1.82, 2.24) is 9.80 Å². The first-order valence-corrected chi connectivity index (χ1v) is 7.03. The first-order chi connectivity index (χ1) is 9.90. The number of nitrogen functional groups attached to an aromatic ring is 1. The van der Waals surface area contributed by atoms with Gasteiger partial charge in [-0.1, -0.05) is 6.07 Å². The summed E-state index contributed by atoms with van der Waals surface area (Å²) in [6.07, 6.45) is 1.87. The van der Waals surface area contributed by atoms with Crippen LogP contribution in [0.2, 0.25) is 0 Å². The van der Waals surface area contributed by atoms with Gasteiger partial charge in [0.05, 0.1) is 6.04 Å². The third-order valence-electron chi connectivity index (χ3n) is 3.89. The van der Waals surface area contributed by atoms with Crippen molar-refractivity contribution in [2.24, 2.45) is 5.73 Å². The molecule has 0 bridgehead atoms. The fourth-order valence-corrected chi connectivity index (χ4v) is 2.70. The summed E-state index contributed by atoms with van der Waals surface area (Å²) < 4.78 is 0. The number of likely N-dealkylation sites (tertiary alicyclic amines) is 1. The van der Waals surface area contributed by atoms with Crippen LogP contribution < -0.4 is 11.5 Å². The average molecular weight is 290 g/mol. The van der Waals surface area contributed by atoms with E-state index in [1.54, 1.807) is 31.1 Å². The minimum Gasteiger partial charge on any atom is -0.398 e. The molecule has 1 unspecified atom stereocenters. The van der Waals surface area contributed by atoms with Gasteiger partial charge in [-0.3, -0.25) is 14.5 Å². The number of hydrogen-bond acceptors (Lipinski definition) is 4. The van der Waals surface area contributed by atoms with Gasteiger partial charge in [-0.2, -0.15) is 0 Å². The summed E-state index contributed by atoms with van der Waals surface area (Å²) in [5.41, 5.74) is 13.1. The van der Waals surface area contributed by atoms with Crippen LogP contribution in [0.15, 0.2) is 18.2 Å². The van der Waals surface area contributed by atoms with Gasteiger partial charge in [-0.15, -0.1) is 0 Å². The molecule has 1 fully saturated rings. The number of amides is 2. The second-order valence-corrected chi connectivity index (χ2v) is 5.64. The fraction of sp³-hybridized carbons (Fsp3) is 0.467. The van der Waals surface area contributed by atoms with Crippen molar-refractivity contribution in [3.63, 3.8) is 0 Å². The highest BCUT2D eigenvalue weighted by molar-refractivity contribution is 5.93. The van der Waals surface area contributed by atoms with E-state index in [2.05, 4.69) is 4.90 Å². The molecule has 0 spiro atoms. The predicted octanol–water partition coefficient (Wildman–Crippen LogP) is 0.420. The largest absolute Gasteiger partial charge is 0.398 e. The molecular weight excluding hydrogens is 268 g/mol. The lowest BCUT2D eigenvalue weighted by atomic mass is 10.1. The Kier molecular flexibility index (Phi) is 4.47. The summed E-state index contributed by atoms with van der Waals surface area (Å²) in [5.74, 6) is -0.366. The predicted molar refractivity (Wildman–Crippen MR) is 81.5 cm³/mol. The molecule has 6 heteroatoms. The van der Waals surface area contributed by atoms with Crippen LogP contribution >= 0.6 is 0 Å². The zero-order valence-corrected chi connectivity index (χ0v) is 12.5. The summed E-state index contributed by atoms with van der Waals surface area (Å²) >= 11 is 0. The Balaban J connectivity index is 2.14. The summed E-state index contributed by atoms with van der Waals surface area (Å²) in [7, 11) is 3.55. The number of carbonyl (C=O) groups is 2. The fourth-order valence-electron chi connectivity index (χ4n) is 2.70. The number of rotatable bonds is 4. The molecule has 0 aromatic heterocycles. The Labute approximate surface area is 124 Å². The van der Waals surface area contributed by atoms with E-state index in [4.69, 9.17) is 11.5 Å². The van der Waals surface area contributed by atoms with Crippen LogP contribution in [-0.4, -0.2) is 48.3 Å². The number of nitrogens with two attached hydrogens (primary N) is 2. The molecule has 2 amide bonds. The minimum atomic E-state index is -0.491. The Morgan fingerprint density at radius 1 is 1.38 bits per heavy atom. The molecule has 114 valence electrons. The second-order valence-electron chi connectivity index (χ2n) is 5.64. The van der Waals surface area contributed by atoms with Gasteiger partial charge in [0.15, 0.2) is 0 Å². The summed E-state index contributed by atoms with van der Waals surface area (Å²) in [4.78, 5) is 27.1. The molecule has 1 aromatic rings. The number of primary amides is 1. The summed E-state index contributed by atoms with van der Waals surface area (Å²) in [5, 5.41) is 0.